The van der Waals surface area contributed by atoms with Crippen LogP contribution in [0.3, 0.4) is 0 Å². The molecule has 0 saturated carbocycles. The zero-order chi connectivity index (χ0) is 17.2. The van der Waals surface area contributed by atoms with Crippen LogP contribution < -0.4 is 10.3 Å². The monoisotopic (exact) mass is 348 g/mol. The first kappa shape index (κ1) is 15.6. The van der Waals surface area contributed by atoms with Crippen molar-refractivity contribution in [3.8, 4) is 5.75 Å². The molecule has 0 aliphatic carbocycles. The normalized spacial score (nSPS) is 12.2. The fourth-order valence-corrected chi connectivity index (χ4v) is 3.88. The van der Waals surface area contributed by atoms with Crippen molar-refractivity contribution < 1.29 is 10.1 Å². The lowest BCUT2D eigenvalue weighted by Crippen LogP contribution is -2.18. The second kappa shape index (κ2) is 6.53. The van der Waals surface area contributed by atoms with Crippen LogP contribution in [0, 0.1) is 6.92 Å². The predicted octanol–water partition coefficient (Wildman–Crippen LogP) is 4.33. The number of pyridine rings is 2. The molecule has 4 aromatic rings. The minimum absolute atomic E-state index is 0.163. The van der Waals surface area contributed by atoms with Crippen LogP contribution >= 0.6 is 11.3 Å². The molecule has 0 aliphatic heterocycles. The number of aromatic nitrogens is 2. The van der Waals surface area contributed by atoms with E-state index in [1.807, 2.05) is 48.7 Å². The number of H-pyrrole nitrogens is 1. The van der Waals surface area contributed by atoms with Crippen LogP contribution in [0.1, 0.15) is 21.4 Å². The number of hydrogen-bond donors (Lipinski definition) is 2. The van der Waals surface area contributed by atoms with E-state index in [1.54, 1.807) is 17.5 Å². The van der Waals surface area contributed by atoms with Crippen molar-refractivity contribution in [1.29, 1.82) is 0 Å². The summed E-state index contributed by atoms with van der Waals surface area (Å²) in [5.41, 5.74) is 1.43. The van der Waals surface area contributed by atoms with Crippen LogP contribution in [0.25, 0.3) is 10.9 Å². The van der Waals surface area contributed by atoms with Gasteiger partial charge in [-0.05, 0) is 37.3 Å². The van der Waals surface area contributed by atoms with Gasteiger partial charge in [0.15, 0.2) is 6.04 Å². The SMILES string of the molecule is Cc1ccc([C@H](Nc2cccc[nH+]2)c2ccc3cccnc3c2O)s1. The molecule has 1 aromatic carbocycles. The highest BCUT2D eigenvalue weighted by atomic mass is 32.1. The number of phenols is 1. The Morgan fingerprint density at radius 2 is 2.00 bits per heavy atom. The fourth-order valence-electron chi connectivity index (χ4n) is 2.93. The molecule has 124 valence electrons. The molecule has 0 aliphatic rings. The van der Waals surface area contributed by atoms with Crippen molar-refractivity contribution in [1.82, 2.24) is 4.98 Å². The number of anilines is 1. The number of benzene rings is 1. The molecule has 0 amide bonds. The molecule has 0 radical (unpaired) electrons. The Bertz CT molecular complexity index is 1010. The van der Waals surface area contributed by atoms with E-state index in [9.17, 15) is 5.11 Å². The van der Waals surface area contributed by atoms with Gasteiger partial charge in [0.25, 0.3) is 5.82 Å². The molecule has 4 rings (SSSR count). The third-order valence-corrected chi connectivity index (χ3v) is 5.21. The molecule has 0 unspecified atom stereocenters. The van der Waals surface area contributed by atoms with Crippen molar-refractivity contribution >= 4 is 28.1 Å². The molecule has 0 spiro atoms. The minimum Gasteiger partial charge on any atom is -0.505 e. The number of phenolic OH excluding ortho intramolecular Hbond substituents is 1. The summed E-state index contributed by atoms with van der Waals surface area (Å²) in [6.07, 6.45) is 3.58. The number of aryl methyl sites for hydroxylation is 1. The van der Waals surface area contributed by atoms with E-state index < -0.39 is 0 Å². The average molecular weight is 348 g/mol. The second-order valence-corrected chi connectivity index (χ2v) is 7.20. The number of aromatic hydroxyl groups is 1. The molecule has 3 N–H and O–H groups in total. The Morgan fingerprint density at radius 1 is 1.08 bits per heavy atom. The van der Waals surface area contributed by atoms with Crippen molar-refractivity contribution in [2.75, 3.05) is 5.32 Å². The van der Waals surface area contributed by atoms with Gasteiger partial charge < -0.3 is 5.11 Å². The summed E-state index contributed by atoms with van der Waals surface area (Å²) in [5.74, 6) is 1.11. The summed E-state index contributed by atoms with van der Waals surface area (Å²) in [4.78, 5) is 9.92. The zero-order valence-electron chi connectivity index (χ0n) is 13.7. The Labute approximate surface area is 149 Å². The van der Waals surface area contributed by atoms with E-state index >= 15 is 0 Å². The minimum atomic E-state index is -0.163. The van der Waals surface area contributed by atoms with Crippen molar-refractivity contribution in [2.24, 2.45) is 0 Å². The lowest BCUT2D eigenvalue weighted by Gasteiger charge is -2.16. The highest BCUT2D eigenvalue weighted by molar-refractivity contribution is 7.12. The van der Waals surface area contributed by atoms with Crippen molar-refractivity contribution in [3.63, 3.8) is 0 Å². The van der Waals surface area contributed by atoms with Crippen LogP contribution in [-0.4, -0.2) is 10.1 Å². The van der Waals surface area contributed by atoms with Gasteiger partial charge >= 0.3 is 0 Å². The fraction of sp³-hybridized carbons (Fsp3) is 0.100. The standard InChI is InChI=1S/C20H17N3OS/c1-13-7-10-16(25-13)19(23-17-6-2-3-11-21-17)15-9-8-14-5-4-12-22-18(14)20(15)24/h2-12,19,24H,1H3,(H,21,23)/p+1/t19-/m1/s1. The molecule has 1 atom stereocenters. The molecule has 25 heavy (non-hydrogen) atoms. The number of fused-ring (bicyclic) bond motifs is 1. The van der Waals surface area contributed by atoms with Gasteiger partial charge in [-0.2, -0.15) is 0 Å². The molecule has 5 heteroatoms. The number of hydrogen-bond acceptors (Lipinski definition) is 4. The molecule has 4 nitrogen and oxygen atoms in total. The van der Waals surface area contributed by atoms with Gasteiger partial charge in [0.2, 0.25) is 0 Å². The Hall–Kier alpha value is -2.92. The van der Waals surface area contributed by atoms with E-state index in [4.69, 9.17) is 0 Å². The third kappa shape index (κ3) is 3.06. The lowest BCUT2D eigenvalue weighted by atomic mass is 10.0. The summed E-state index contributed by atoms with van der Waals surface area (Å²) in [7, 11) is 0. The summed E-state index contributed by atoms with van der Waals surface area (Å²) in [5, 5.41) is 15.3. The average Bonchev–Trinajstić information content (AvgIpc) is 3.08. The molecule has 0 bridgehead atoms. The first-order chi connectivity index (χ1) is 12.2. The van der Waals surface area contributed by atoms with Crippen LogP contribution in [0.2, 0.25) is 0 Å². The third-order valence-electron chi connectivity index (χ3n) is 4.14. The quantitative estimate of drug-likeness (QED) is 0.577. The van der Waals surface area contributed by atoms with E-state index in [-0.39, 0.29) is 11.8 Å². The number of nitrogens with one attached hydrogen (secondary N) is 2. The van der Waals surface area contributed by atoms with Gasteiger partial charge in [0.05, 0.1) is 11.1 Å². The zero-order valence-corrected chi connectivity index (χ0v) is 14.5. The largest absolute Gasteiger partial charge is 0.505 e. The summed E-state index contributed by atoms with van der Waals surface area (Å²) in [6.45, 7) is 2.08. The highest BCUT2D eigenvalue weighted by Gasteiger charge is 2.25. The second-order valence-electron chi connectivity index (χ2n) is 5.88. The molecule has 3 heterocycles. The first-order valence-corrected chi connectivity index (χ1v) is 8.90. The maximum Gasteiger partial charge on any atom is 0.272 e. The van der Waals surface area contributed by atoms with E-state index in [2.05, 4.69) is 34.3 Å². The Morgan fingerprint density at radius 3 is 2.76 bits per heavy atom. The number of nitrogens with zero attached hydrogens (tertiary/aromatic N) is 1. The molecule has 0 saturated heterocycles. The van der Waals surface area contributed by atoms with Gasteiger partial charge in [-0.3, -0.25) is 10.3 Å². The Kier molecular flexibility index (Phi) is 4.07. The molecular formula is C20H18N3OS+. The summed E-state index contributed by atoms with van der Waals surface area (Å²) >= 11 is 1.72. The van der Waals surface area contributed by atoms with Gasteiger partial charge in [0.1, 0.15) is 11.3 Å². The summed E-state index contributed by atoms with van der Waals surface area (Å²) in [6, 6.07) is 17.7. The highest BCUT2D eigenvalue weighted by Crippen LogP contribution is 2.38. The van der Waals surface area contributed by atoms with Gasteiger partial charge in [0, 0.05) is 28.1 Å². The number of thiophene rings is 1. The van der Waals surface area contributed by atoms with Gasteiger partial charge in [-0.15, -0.1) is 11.3 Å². The molecule has 3 aromatic heterocycles. The van der Waals surface area contributed by atoms with E-state index in [0.29, 0.717) is 5.52 Å². The maximum atomic E-state index is 10.9. The lowest BCUT2D eigenvalue weighted by molar-refractivity contribution is -0.361. The van der Waals surface area contributed by atoms with Crippen LogP contribution in [0.5, 0.6) is 5.75 Å². The smallest absolute Gasteiger partial charge is 0.272 e. The first-order valence-electron chi connectivity index (χ1n) is 8.08. The van der Waals surface area contributed by atoms with Crippen molar-refractivity contribution in [3.05, 3.63) is 82.3 Å². The van der Waals surface area contributed by atoms with E-state index in [0.717, 1.165) is 21.6 Å². The summed E-state index contributed by atoms with van der Waals surface area (Å²) < 4.78 is 0. The molecule has 0 fully saturated rings. The number of rotatable bonds is 4. The predicted molar refractivity (Wildman–Crippen MR) is 101 cm³/mol. The van der Waals surface area contributed by atoms with Crippen molar-refractivity contribution in [2.45, 2.75) is 13.0 Å². The van der Waals surface area contributed by atoms with Crippen LogP contribution in [0.4, 0.5) is 5.82 Å². The van der Waals surface area contributed by atoms with Gasteiger partial charge in [-0.1, -0.05) is 18.2 Å². The van der Waals surface area contributed by atoms with Crippen LogP contribution in [0.15, 0.2) is 67.0 Å². The Balaban J connectivity index is 1.84. The van der Waals surface area contributed by atoms with E-state index in [1.165, 1.54) is 4.88 Å². The van der Waals surface area contributed by atoms with Crippen LogP contribution in [-0.2, 0) is 0 Å². The van der Waals surface area contributed by atoms with Gasteiger partial charge in [-0.25, -0.2) is 4.98 Å². The number of aromatic amines is 1. The molecular weight excluding hydrogens is 330 g/mol. The maximum absolute atomic E-state index is 10.9. The topological polar surface area (TPSA) is 59.3 Å².